The van der Waals surface area contributed by atoms with Crippen LogP contribution in [0, 0.1) is 0 Å². The van der Waals surface area contributed by atoms with Gasteiger partial charge in [-0.2, -0.15) is 0 Å². The molecule has 148 valence electrons. The molecule has 0 spiro atoms. The molecular formula is C22H29N5O. The molecule has 0 aliphatic carbocycles. The molecule has 2 fully saturated rings. The van der Waals surface area contributed by atoms with E-state index in [0.717, 1.165) is 44.8 Å². The monoisotopic (exact) mass is 379 g/mol. The Labute approximate surface area is 167 Å². The van der Waals surface area contributed by atoms with Gasteiger partial charge >= 0.3 is 0 Å². The summed E-state index contributed by atoms with van der Waals surface area (Å²) in [5.41, 5.74) is 1.85. The van der Waals surface area contributed by atoms with E-state index in [2.05, 4.69) is 31.2 Å². The first kappa shape index (κ1) is 18.9. The lowest BCUT2D eigenvalue weighted by Crippen LogP contribution is -2.37. The second-order valence-electron chi connectivity index (χ2n) is 7.70. The van der Waals surface area contributed by atoms with E-state index >= 15 is 0 Å². The smallest absolute Gasteiger partial charge is 0.252 e. The van der Waals surface area contributed by atoms with Crippen LogP contribution in [0.5, 0.6) is 0 Å². The lowest BCUT2D eigenvalue weighted by Gasteiger charge is -2.26. The van der Waals surface area contributed by atoms with E-state index in [9.17, 15) is 4.79 Å². The fourth-order valence-corrected chi connectivity index (χ4v) is 4.26. The SMILES string of the molecule is O=C(NCCN1CCCCC1)c1ccc(N2CCCC2c2cccnc2)nc1. The number of amides is 1. The zero-order valence-corrected chi connectivity index (χ0v) is 16.4. The van der Waals surface area contributed by atoms with Crippen molar-refractivity contribution in [3.05, 3.63) is 54.0 Å². The van der Waals surface area contributed by atoms with Crippen molar-refractivity contribution < 1.29 is 4.79 Å². The third kappa shape index (κ3) is 4.50. The van der Waals surface area contributed by atoms with Crippen molar-refractivity contribution in [1.29, 1.82) is 0 Å². The maximum atomic E-state index is 12.4. The Balaban J connectivity index is 1.33. The summed E-state index contributed by atoms with van der Waals surface area (Å²) in [5.74, 6) is 0.887. The number of pyridine rings is 2. The number of aromatic nitrogens is 2. The molecule has 1 N–H and O–H groups in total. The fraction of sp³-hybridized carbons (Fsp3) is 0.500. The van der Waals surface area contributed by atoms with Crippen molar-refractivity contribution >= 4 is 11.7 Å². The molecular weight excluding hydrogens is 350 g/mol. The average Bonchev–Trinajstić information content (AvgIpc) is 3.25. The number of nitrogens with zero attached hydrogens (tertiary/aromatic N) is 4. The van der Waals surface area contributed by atoms with Crippen LogP contribution in [0.1, 0.15) is 54.1 Å². The molecule has 1 atom stereocenters. The van der Waals surface area contributed by atoms with Gasteiger partial charge in [0.15, 0.2) is 0 Å². The van der Waals surface area contributed by atoms with Crippen molar-refractivity contribution in [1.82, 2.24) is 20.2 Å². The summed E-state index contributed by atoms with van der Waals surface area (Å²) in [7, 11) is 0. The quantitative estimate of drug-likeness (QED) is 0.836. The third-order valence-corrected chi connectivity index (χ3v) is 5.79. The minimum Gasteiger partial charge on any atom is -0.351 e. The van der Waals surface area contributed by atoms with Crippen LogP contribution in [0.15, 0.2) is 42.9 Å². The summed E-state index contributed by atoms with van der Waals surface area (Å²) in [6.07, 6.45) is 11.6. The summed E-state index contributed by atoms with van der Waals surface area (Å²) in [6.45, 7) is 4.90. The van der Waals surface area contributed by atoms with Gasteiger partial charge < -0.3 is 15.1 Å². The van der Waals surface area contributed by atoms with E-state index in [4.69, 9.17) is 0 Å². The third-order valence-electron chi connectivity index (χ3n) is 5.79. The highest BCUT2D eigenvalue weighted by Gasteiger charge is 2.27. The van der Waals surface area contributed by atoms with Crippen LogP contribution in [-0.4, -0.2) is 53.5 Å². The predicted octanol–water partition coefficient (Wildman–Crippen LogP) is 3.03. The number of rotatable bonds is 6. The number of carbonyl (C=O) groups is 1. The van der Waals surface area contributed by atoms with Gasteiger partial charge in [0.05, 0.1) is 11.6 Å². The fourth-order valence-electron chi connectivity index (χ4n) is 4.26. The normalized spacial score (nSPS) is 20.3. The summed E-state index contributed by atoms with van der Waals surface area (Å²) in [6, 6.07) is 8.27. The molecule has 2 aliphatic rings. The number of hydrogen-bond donors (Lipinski definition) is 1. The molecule has 0 bridgehead atoms. The van der Waals surface area contributed by atoms with Gasteiger partial charge in [0.2, 0.25) is 0 Å². The number of carbonyl (C=O) groups excluding carboxylic acids is 1. The number of anilines is 1. The lowest BCUT2D eigenvalue weighted by atomic mass is 10.1. The van der Waals surface area contributed by atoms with Gasteiger partial charge in [-0.15, -0.1) is 0 Å². The van der Waals surface area contributed by atoms with Crippen molar-refractivity contribution in [2.75, 3.05) is 37.6 Å². The first-order valence-electron chi connectivity index (χ1n) is 10.4. The number of hydrogen-bond acceptors (Lipinski definition) is 5. The molecule has 6 nitrogen and oxygen atoms in total. The average molecular weight is 380 g/mol. The van der Waals surface area contributed by atoms with Gasteiger partial charge in [0.25, 0.3) is 5.91 Å². The van der Waals surface area contributed by atoms with Crippen LogP contribution in [-0.2, 0) is 0 Å². The molecule has 2 aromatic rings. The minimum atomic E-state index is -0.0405. The molecule has 1 unspecified atom stereocenters. The number of piperidine rings is 1. The molecule has 2 aromatic heterocycles. The predicted molar refractivity (Wildman–Crippen MR) is 110 cm³/mol. The Morgan fingerprint density at radius 1 is 1.07 bits per heavy atom. The first-order chi connectivity index (χ1) is 13.8. The summed E-state index contributed by atoms with van der Waals surface area (Å²) >= 11 is 0. The molecule has 28 heavy (non-hydrogen) atoms. The maximum Gasteiger partial charge on any atom is 0.252 e. The largest absolute Gasteiger partial charge is 0.351 e. The van der Waals surface area contributed by atoms with E-state index in [0.29, 0.717) is 18.2 Å². The Hall–Kier alpha value is -2.47. The molecule has 2 saturated heterocycles. The van der Waals surface area contributed by atoms with Crippen LogP contribution >= 0.6 is 0 Å². The van der Waals surface area contributed by atoms with Crippen molar-refractivity contribution in [2.45, 2.75) is 38.1 Å². The van der Waals surface area contributed by atoms with Crippen LogP contribution in [0.25, 0.3) is 0 Å². The molecule has 0 aromatic carbocycles. The number of nitrogens with one attached hydrogen (secondary N) is 1. The Morgan fingerprint density at radius 3 is 2.71 bits per heavy atom. The van der Waals surface area contributed by atoms with Crippen molar-refractivity contribution in [3.63, 3.8) is 0 Å². The lowest BCUT2D eigenvalue weighted by molar-refractivity contribution is 0.0946. The maximum absolute atomic E-state index is 12.4. The van der Waals surface area contributed by atoms with Crippen LogP contribution < -0.4 is 10.2 Å². The molecule has 2 aliphatic heterocycles. The van der Waals surface area contributed by atoms with E-state index in [1.165, 1.54) is 24.8 Å². The zero-order chi connectivity index (χ0) is 19.2. The Bertz CT molecular complexity index is 758. The van der Waals surface area contributed by atoms with Crippen LogP contribution in [0.2, 0.25) is 0 Å². The highest BCUT2D eigenvalue weighted by atomic mass is 16.1. The van der Waals surface area contributed by atoms with Crippen molar-refractivity contribution in [3.8, 4) is 0 Å². The summed E-state index contributed by atoms with van der Waals surface area (Å²) in [5, 5.41) is 3.03. The second-order valence-corrected chi connectivity index (χ2v) is 7.70. The van der Waals surface area contributed by atoms with E-state index in [1.54, 1.807) is 12.4 Å². The topological polar surface area (TPSA) is 61.4 Å². The van der Waals surface area contributed by atoms with Gasteiger partial charge in [0.1, 0.15) is 5.82 Å². The first-order valence-corrected chi connectivity index (χ1v) is 10.4. The van der Waals surface area contributed by atoms with Gasteiger partial charge in [-0.1, -0.05) is 12.5 Å². The van der Waals surface area contributed by atoms with Gasteiger partial charge in [-0.05, 0) is 62.5 Å². The summed E-state index contributed by atoms with van der Waals surface area (Å²) in [4.78, 5) is 26.0. The van der Waals surface area contributed by atoms with Crippen LogP contribution in [0.3, 0.4) is 0 Å². The van der Waals surface area contributed by atoms with E-state index < -0.39 is 0 Å². The minimum absolute atomic E-state index is 0.0405. The highest BCUT2D eigenvalue weighted by molar-refractivity contribution is 5.94. The molecule has 4 rings (SSSR count). The molecule has 0 radical (unpaired) electrons. The van der Waals surface area contributed by atoms with Gasteiger partial charge in [0, 0.05) is 38.2 Å². The zero-order valence-electron chi connectivity index (χ0n) is 16.4. The molecule has 6 heteroatoms. The van der Waals surface area contributed by atoms with E-state index in [-0.39, 0.29) is 5.91 Å². The Kier molecular flexibility index (Phi) is 6.17. The van der Waals surface area contributed by atoms with Gasteiger partial charge in [-0.25, -0.2) is 4.98 Å². The Morgan fingerprint density at radius 2 is 1.96 bits per heavy atom. The molecule has 4 heterocycles. The highest BCUT2D eigenvalue weighted by Crippen LogP contribution is 2.34. The standard InChI is InChI=1S/C22H29N5O/c28-22(24-11-15-26-12-2-1-3-13-26)19-8-9-21(25-17-19)27-14-5-7-20(27)18-6-4-10-23-16-18/h4,6,8-10,16-17,20H,1-3,5,7,11-15H2,(H,24,28). The summed E-state index contributed by atoms with van der Waals surface area (Å²) < 4.78 is 0. The molecule has 1 amide bonds. The second kappa shape index (κ2) is 9.15. The van der Waals surface area contributed by atoms with Crippen LogP contribution in [0.4, 0.5) is 5.82 Å². The van der Waals surface area contributed by atoms with Crippen molar-refractivity contribution in [2.24, 2.45) is 0 Å². The molecule has 0 saturated carbocycles. The van der Waals surface area contributed by atoms with E-state index in [1.807, 2.05) is 24.4 Å². The number of likely N-dealkylation sites (tertiary alicyclic amines) is 1. The van der Waals surface area contributed by atoms with Gasteiger partial charge in [-0.3, -0.25) is 9.78 Å².